The van der Waals surface area contributed by atoms with E-state index < -0.39 is 21.4 Å². The second-order valence-electron chi connectivity index (χ2n) is 12.6. The highest BCUT2D eigenvalue weighted by Crippen LogP contribution is 2.37. The SMILES string of the molecule is CCOc1nc2cccc(C(=O)O)c2n1Cc1ccc(-c2ccccc2S(=O)(=O)Nc2onc(C)c2C)c(CN2CCC(C)(C)C2=O)c1. The largest absolute Gasteiger partial charge is 0.478 e. The Morgan fingerprint density at radius 3 is 2.50 bits per heavy atom. The third kappa shape index (κ3) is 6.01. The summed E-state index contributed by atoms with van der Waals surface area (Å²) < 4.78 is 43.0. The molecule has 1 amide bonds. The van der Waals surface area contributed by atoms with Crippen LogP contribution in [0, 0.1) is 19.3 Å². The number of benzene rings is 3. The molecule has 2 aromatic heterocycles. The van der Waals surface area contributed by atoms with Crippen molar-refractivity contribution in [2.45, 2.75) is 59.0 Å². The molecule has 1 saturated heterocycles. The summed E-state index contributed by atoms with van der Waals surface area (Å²) in [5, 5.41) is 13.8. The fourth-order valence-corrected chi connectivity index (χ4v) is 7.33. The minimum Gasteiger partial charge on any atom is -0.478 e. The van der Waals surface area contributed by atoms with E-state index in [-0.39, 0.29) is 41.4 Å². The van der Waals surface area contributed by atoms with Gasteiger partial charge in [0.05, 0.1) is 40.3 Å². The third-order valence-corrected chi connectivity index (χ3v) is 10.2. The predicted molar refractivity (Wildman–Crippen MR) is 179 cm³/mol. The van der Waals surface area contributed by atoms with Crippen molar-refractivity contribution in [2.24, 2.45) is 5.41 Å². The maximum absolute atomic E-state index is 13.8. The van der Waals surface area contributed by atoms with Gasteiger partial charge in [0.2, 0.25) is 11.8 Å². The zero-order chi connectivity index (χ0) is 34.4. The van der Waals surface area contributed by atoms with Crippen LogP contribution in [0.2, 0.25) is 0 Å². The number of hydrogen-bond donors (Lipinski definition) is 2. The molecular formula is C35H37N5O7S. The number of nitrogens with zero attached hydrogens (tertiary/aromatic N) is 4. The molecule has 0 radical (unpaired) electrons. The molecule has 48 heavy (non-hydrogen) atoms. The van der Waals surface area contributed by atoms with Gasteiger partial charge in [-0.2, -0.15) is 4.98 Å². The first-order valence-electron chi connectivity index (χ1n) is 15.6. The number of carbonyl (C=O) groups is 2. The van der Waals surface area contributed by atoms with Crippen LogP contribution in [0.4, 0.5) is 5.88 Å². The van der Waals surface area contributed by atoms with E-state index in [0.717, 1.165) is 11.1 Å². The molecule has 0 unspecified atom stereocenters. The second-order valence-corrected chi connectivity index (χ2v) is 14.2. The molecular weight excluding hydrogens is 634 g/mol. The number of aromatic nitrogens is 3. The first-order valence-corrected chi connectivity index (χ1v) is 17.1. The third-order valence-electron chi connectivity index (χ3n) is 8.83. The molecule has 0 spiro atoms. The molecule has 12 nitrogen and oxygen atoms in total. The summed E-state index contributed by atoms with van der Waals surface area (Å²) >= 11 is 0. The van der Waals surface area contributed by atoms with Crippen LogP contribution in [0.3, 0.4) is 0 Å². The highest BCUT2D eigenvalue weighted by atomic mass is 32.2. The van der Waals surface area contributed by atoms with Crippen LogP contribution in [0.5, 0.6) is 6.01 Å². The quantitative estimate of drug-likeness (QED) is 0.172. The Hall–Kier alpha value is -5.17. The number of para-hydroxylation sites is 1. The van der Waals surface area contributed by atoms with Crippen LogP contribution in [-0.2, 0) is 27.9 Å². The molecule has 1 aliphatic heterocycles. The number of likely N-dealkylation sites (tertiary alicyclic amines) is 1. The summed E-state index contributed by atoms with van der Waals surface area (Å²) in [5.41, 5.74) is 4.26. The average Bonchev–Trinajstić information content (AvgIpc) is 3.65. The fourth-order valence-electron chi connectivity index (χ4n) is 6.06. The van der Waals surface area contributed by atoms with E-state index in [2.05, 4.69) is 14.9 Å². The molecule has 2 N–H and O–H groups in total. The van der Waals surface area contributed by atoms with Gasteiger partial charge in [-0.15, -0.1) is 0 Å². The van der Waals surface area contributed by atoms with Crippen molar-refractivity contribution >= 4 is 38.8 Å². The number of rotatable bonds is 11. The Kier molecular flexibility index (Phi) is 8.50. The summed E-state index contributed by atoms with van der Waals surface area (Å²) in [4.78, 5) is 31.9. The van der Waals surface area contributed by atoms with Crippen molar-refractivity contribution in [3.63, 3.8) is 0 Å². The average molecular weight is 672 g/mol. The minimum absolute atomic E-state index is 0.0166. The molecule has 6 rings (SSSR count). The summed E-state index contributed by atoms with van der Waals surface area (Å²) in [6.45, 7) is 10.5. The highest BCUT2D eigenvalue weighted by molar-refractivity contribution is 7.92. The normalized spacial score (nSPS) is 14.5. The van der Waals surface area contributed by atoms with E-state index in [1.165, 1.54) is 12.1 Å². The van der Waals surface area contributed by atoms with E-state index in [9.17, 15) is 23.1 Å². The maximum atomic E-state index is 13.8. The zero-order valence-corrected chi connectivity index (χ0v) is 28.2. The van der Waals surface area contributed by atoms with Crippen molar-refractivity contribution < 1.29 is 32.4 Å². The number of fused-ring (bicyclic) bond motifs is 1. The van der Waals surface area contributed by atoms with Gasteiger partial charge in [0.1, 0.15) is 0 Å². The number of hydrogen-bond acceptors (Lipinski definition) is 8. The Bertz CT molecular complexity index is 2170. The van der Waals surface area contributed by atoms with Gasteiger partial charge in [0, 0.05) is 29.6 Å². The van der Waals surface area contributed by atoms with Crippen LogP contribution < -0.4 is 9.46 Å². The van der Waals surface area contributed by atoms with E-state index in [1.807, 2.05) is 39.0 Å². The summed E-state index contributed by atoms with van der Waals surface area (Å²) in [6.07, 6.45) is 0.697. The van der Waals surface area contributed by atoms with Crippen molar-refractivity contribution in [1.29, 1.82) is 0 Å². The number of ether oxygens (including phenoxy) is 1. The number of carbonyl (C=O) groups excluding carboxylic acids is 1. The zero-order valence-electron chi connectivity index (χ0n) is 27.4. The number of imidazole rings is 1. The number of carboxylic acid groups (broad SMARTS) is 1. The maximum Gasteiger partial charge on any atom is 0.337 e. The number of aryl methyl sites for hydroxylation is 1. The van der Waals surface area contributed by atoms with Crippen molar-refractivity contribution in [2.75, 3.05) is 17.9 Å². The van der Waals surface area contributed by atoms with Gasteiger partial charge in [-0.3, -0.25) is 9.36 Å². The summed E-state index contributed by atoms with van der Waals surface area (Å²) in [5.74, 6) is -1.03. The topological polar surface area (TPSA) is 157 Å². The van der Waals surface area contributed by atoms with Gasteiger partial charge >= 0.3 is 5.97 Å². The minimum atomic E-state index is -4.12. The summed E-state index contributed by atoms with van der Waals surface area (Å²) in [7, 11) is -4.12. The van der Waals surface area contributed by atoms with E-state index in [1.54, 1.807) is 53.6 Å². The molecule has 1 fully saturated rings. The van der Waals surface area contributed by atoms with Gasteiger partial charge in [0.15, 0.2) is 0 Å². The number of anilines is 1. The van der Waals surface area contributed by atoms with Gasteiger partial charge in [-0.1, -0.05) is 61.5 Å². The first-order chi connectivity index (χ1) is 22.8. The highest BCUT2D eigenvalue weighted by Gasteiger charge is 2.38. The van der Waals surface area contributed by atoms with Crippen LogP contribution in [0.1, 0.15) is 59.9 Å². The van der Waals surface area contributed by atoms with E-state index in [0.29, 0.717) is 53.0 Å². The molecule has 13 heteroatoms. The van der Waals surface area contributed by atoms with Gasteiger partial charge < -0.3 is 19.3 Å². The molecule has 5 aromatic rings. The molecule has 1 aliphatic rings. The molecule has 3 aromatic carbocycles. The van der Waals surface area contributed by atoms with Crippen LogP contribution in [0.25, 0.3) is 22.2 Å². The molecule has 0 aliphatic carbocycles. The van der Waals surface area contributed by atoms with Crippen LogP contribution in [0.15, 0.2) is 70.1 Å². The second kappa shape index (κ2) is 12.5. The summed E-state index contributed by atoms with van der Waals surface area (Å²) in [6, 6.07) is 17.5. The van der Waals surface area contributed by atoms with Crippen molar-refractivity contribution in [1.82, 2.24) is 19.6 Å². The fraction of sp³-hybridized carbons (Fsp3) is 0.314. The lowest BCUT2D eigenvalue weighted by Gasteiger charge is -2.23. The molecule has 0 saturated carbocycles. The standard InChI is InChI=1S/C35H37N5O7S/c1-6-46-34-36-28-12-9-11-27(32(41)42)30(28)40(34)19-23-14-15-25(24(18-23)20-39-17-16-35(4,5)33(39)43)26-10-7-8-13-29(26)48(44,45)38-31-21(2)22(3)37-47-31/h7-15,18,38H,6,16-17,19-20H2,1-5H3,(H,41,42). The lowest BCUT2D eigenvalue weighted by molar-refractivity contribution is -0.135. The lowest BCUT2D eigenvalue weighted by Crippen LogP contribution is -2.30. The number of amides is 1. The van der Waals surface area contributed by atoms with Crippen molar-refractivity contribution in [3.05, 3.63) is 88.6 Å². The number of nitrogens with one attached hydrogen (secondary N) is 1. The Morgan fingerprint density at radius 1 is 1.06 bits per heavy atom. The Labute approximate surface area is 278 Å². The molecule has 250 valence electrons. The number of aromatic carboxylic acids is 1. The van der Waals surface area contributed by atoms with Crippen LogP contribution >= 0.6 is 0 Å². The van der Waals surface area contributed by atoms with Gasteiger partial charge in [-0.05, 0) is 62.1 Å². The molecule has 0 atom stereocenters. The van der Waals surface area contributed by atoms with Crippen LogP contribution in [-0.4, -0.2) is 58.2 Å². The molecule has 3 heterocycles. The number of sulfonamides is 1. The van der Waals surface area contributed by atoms with Gasteiger partial charge in [-0.25, -0.2) is 17.9 Å². The van der Waals surface area contributed by atoms with Crippen molar-refractivity contribution in [3.8, 4) is 17.1 Å². The monoisotopic (exact) mass is 671 g/mol. The lowest BCUT2D eigenvalue weighted by atomic mass is 9.92. The Morgan fingerprint density at radius 2 is 1.83 bits per heavy atom. The first kappa shape index (κ1) is 32.8. The molecule has 0 bridgehead atoms. The predicted octanol–water partition coefficient (Wildman–Crippen LogP) is 6.01. The smallest absolute Gasteiger partial charge is 0.337 e. The number of carboxylic acids is 1. The van der Waals surface area contributed by atoms with Gasteiger partial charge in [0.25, 0.3) is 16.0 Å². The Balaban J connectivity index is 1.47. The van der Waals surface area contributed by atoms with E-state index in [4.69, 9.17) is 9.26 Å². The van der Waals surface area contributed by atoms with E-state index >= 15 is 0 Å².